The molecule has 0 amide bonds. The number of furan rings is 1. The summed E-state index contributed by atoms with van der Waals surface area (Å²) < 4.78 is 15.1. The summed E-state index contributed by atoms with van der Waals surface area (Å²) in [6, 6.07) is 3.46. The Bertz CT molecular complexity index is 500. The predicted molar refractivity (Wildman–Crippen MR) is 52.7 cm³/mol. The molecule has 0 saturated carbocycles. The maximum atomic E-state index is 11.2. The van der Waals surface area contributed by atoms with Crippen molar-refractivity contribution in [2.75, 3.05) is 6.61 Å². The Morgan fingerprint density at radius 3 is 2.81 bits per heavy atom. The van der Waals surface area contributed by atoms with Gasteiger partial charge in [0.05, 0.1) is 6.61 Å². The van der Waals surface area contributed by atoms with Crippen molar-refractivity contribution in [3.8, 4) is 11.7 Å². The molecule has 0 atom stereocenters. The fourth-order valence-electron chi connectivity index (χ4n) is 1.15. The standard InChI is InChI=1S/C10H10N2O4/c1-3-14-10(13)9-12-11-8(16-9)7-5-4-6(2)15-7/h4-5H,3H2,1-2H3. The van der Waals surface area contributed by atoms with Crippen molar-refractivity contribution < 1.29 is 18.4 Å². The van der Waals surface area contributed by atoms with Crippen LogP contribution in [0.5, 0.6) is 0 Å². The molecule has 2 aromatic heterocycles. The fourth-order valence-corrected chi connectivity index (χ4v) is 1.15. The molecule has 2 heterocycles. The molecule has 0 unspecified atom stereocenters. The molecule has 0 fully saturated rings. The Morgan fingerprint density at radius 1 is 1.38 bits per heavy atom. The van der Waals surface area contributed by atoms with E-state index >= 15 is 0 Å². The SMILES string of the molecule is CCOC(=O)c1nnc(-c2ccc(C)o2)o1. The first-order chi connectivity index (χ1) is 7.70. The number of rotatable bonds is 3. The average Bonchev–Trinajstić information content (AvgIpc) is 2.85. The highest BCUT2D eigenvalue weighted by molar-refractivity contribution is 5.84. The molecule has 6 nitrogen and oxygen atoms in total. The number of carbonyl (C=O) groups is 1. The van der Waals surface area contributed by atoms with Gasteiger partial charge in [-0.1, -0.05) is 0 Å². The van der Waals surface area contributed by atoms with Gasteiger partial charge in [0.1, 0.15) is 5.76 Å². The van der Waals surface area contributed by atoms with Crippen molar-refractivity contribution in [1.82, 2.24) is 10.2 Å². The molecule has 0 aliphatic heterocycles. The van der Waals surface area contributed by atoms with Crippen molar-refractivity contribution in [3.63, 3.8) is 0 Å². The second-order valence-electron chi connectivity index (χ2n) is 3.04. The summed E-state index contributed by atoms with van der Waals surface area (Å²) in [6.07, 6.45) is 0. The summed E-state index contributed by atoms with van der Waals surface area (Å²) >= 11 is 0. The third kappa shape index (κ3) is 1.95. The molecule has 2 aromatic rings. The second-order valence-corrected chi connectivity index (χ2v) is 3.04. The summed E-state index contributed by atoms with van der Waals surface area (Å²) in [5.41, 5.74) is 0. The van der Waals surface area contributed by atoms with Crippen LogP contribution in [0.15, 0.2) is 21.0 Å². The normalized spacial score (nSPS) is 10.4. The average molecular weight is 222 g/mol. The van der Waals surface area contributed by atoms with E-state index in [1.54, 1.807) is 26.0 Å². The lowest BCUT2D eigenvalue weighted by atomic mass is 10.4. The Kier molecular flexibility index (Phi) is 2.72. The molecule has 84 valence electrons. The number of hydrogen-bond acceptors (Lipinski definition) is 6. The smallest absolute Gasteiger partial charge is 0.396 e. The minimum Gasteiger partial charge on any atom is -0.459 e. The minimum absolute atomic E-state index is 0.163. The highest BCUT2D eigenvalue weighted by atomic mass is 16.5. The van der Waals surface area contributed by atoms with E-state index in [0.29, 0.717) is 5.76 Å². The monoisotopic (exact) mass is 222 g/mol. The zero-order chi connectivity index (χ0) is 11.5. The molecule has 0 aromatic carbocycles. The van der Waals surface area contributed by atoms with Gasteiger partial charge in [0.15, 0.2) is 5.76 Å². The van der Waals surface area contributed by atoms with Crippen LogP contribution in [0.1, 0.15) is 23.4 Å². The largest absolute Gasteiger partial charge is 0.459 e. The van der Waals surface area contributed by atoms with Crippen LogP contribution in [0.25, 0.3) is 11.7 Å². The highest BCUT2D eigenvalue weighted by Crippen LogP contribution is 2.20. The first-order valence-corrected chi connectivity index (χ1v) is 4.78. The van der Waals surface area contributed by atoms with E-state index in [0.717, 1.165) is 5.76 Å². The number of aryl methyl sites for hydroxylation is 1. The van der Waals surface area contributed by atoms with Gasteiger partial charge in [-0.25, -0.2) is 4.79 Å². The summed E-state index contributed by atoms with van der Waals surface area (Å²) in [7, 11) is 0. The van der Waals surface area contributed by atoms with Gasteiger partial charge in [-0.15, -0.1) is 10.2 Å². The molecule has 0 spiro atoms. The topological polar surface area (TPSA) is 78.4 Å². The lowest BCUT2D eigenvalue weighted by Gasteiger charge is -1.93. The number of aromatic nitrogens is 2. The fraction of sp³-hybridized carbons (Fsp3) is 0.300. The molecule has 0 aliphatic carbocycles. The van der Waals surface area contributed by atoms with Crippen molar-refractivity contribution in [3.05, 3.63) is 23.8 Å². The van der Waals surface area contributed by atoms with E-state index in [4.69, 9.17) is 13.6 Å². The van der Waals surface area contributed by atoms with E-state index in [-0.39, 0.29) is 18.4 Å². The second kappa shape index (κ2) is 4.18. The van der Waals surface area contributed by atoms with Crippen LogP contribution in [0, 0.1) is 6.92 Å². The van der Waals surface area contributed by atoms with Gasteiger partial charge in [-0.2, -0.15) is 0 Å². The lowest BCUT2D eigenvalue weighted by Crippen LogP contribution is -2.04. The molecule has 0 saturated heterocycles. The number of carbonyl (C=O) groups excluding carboxylic acids is 1. The molecule has 2 rings (SSSR count). The molecule has 16 heavy (non-hydrogen) atoms. The number of ether oxygens (including phenoxy) is 1. The number of esters is 1. The number of nitrogens with zero attached hydrogens (tertiary/aromatic N) is 2. The van der Waals surface area contributed by atoms with E-state index in [1.807, 2.05) is 0 Å². The Hall–Kier alpha value is -2.11. The zero-order valence-electron chi connectivity index (χ0n) is 8.89. The van der Waals surface area contributed by atoms with E-state index in [1.165, 1.54) is 0 Å². The van der Waals surface area contributed by atoms with E-state index < -0.39 is 5.97 Å². The number of hydrogen-bond donors (Lipinski definition) is 0. The molecule has 0 N–H and O–H groups in total. The van der Waals surface area contributed by atoms with Crippen molar-refractivity contribution in [2.45, 2.75) is 13.8 Å². The van der Waals surface area contributed by atoms with Gasteiger partial charge >= 0.3 is 11.9 Å². The van der Waals surface area contributed by atoms with Gasteiger partial charge in [0.25, 0.3) is 5.89 Å². The Balaban J connectivity index is 2.22. The van der Waals surface area contributed by atoms with Gasteiger partial charge in [-0.3, -0.25) is 0 Å². The highest BCUT2D eigenvalue weighted by Gasteiger charge is 2.18. The third-order valence-corrected chi connectivity index (χ3v) is 1.83. The van der Waals surface area contributed by atoms with Crippen LogP contribution in [0.4, 0.5) is 0 Å². The Labute approximate surface area is 91.2 Å². The van der Waals surface area contributed by atoms with Crippen molar-refractivity contribution >= 4 is 5.97 Å². The van der Waals surface area contributed by atoms with Crippen LogP contribution in [0.2, 0.25) is 0 Å². The van der Waals surface area contributed by atoms with Crippen molar-refractivity contribution in [2.24, 2.45) is 0 Å². The predicted octanol–water partition coefficient (Wildman–Crippen LogP) is 1.81. The van der Waals surface area contributed by atoms with Crippen LogP contribution in [-0.2, 0) is 4.74 Å². The summed E-state index contributed by atoms with van der Waals surface area (Å²) in [5.74, 6) is 0.512. The van der Waals surface area contributed by atoms with Crippen LogP contribution < -0.4 is 0 Å². The maximum Gasteiger partial charge on any atom is 0.396 e. The van der Waals surface area contributed by atoms with Crippen molar-refractivity contribution in [1.29, 1.82) is 0 Å². The maximum absolute atomic E-state index is 11.2. The summed E-state index contributed by atoms with van der Waals surface area (Å²) in [4.78, 5) is 11.2. The summed E-state index contributed by atoms with van der Waals surface area (Å²) in [6.45, 7) is 3.76. The van der Waals surface area contributed by atoms with Gasteiger partial charge in [-0.05, 0) is 26.0 Å². The lowest BCUT2D eigenvalue weighted by molar-refractivity contribution is 0.0481. The van der Waals surface area contributed by atoms with E-state index in [2.05, 4.69) is 10.2 Å². The van der Waals surface area contributed by atoms with Crippen LogP contribution in [-0.4, -0.2) is 22.8 Å². The minimum atomic E-state index is -0.635. The Morgan fingerprint density at radius 2 is 2.19 bits per heavy atom. The molecule has 0 aliphatic rings. The molecule has 0 bridgehead atoms. The van der Waals surface area contributed by atoms with Crippen LogP contribution in [0.3, 0.4) is 0 Å². The van der Waals surface area contributed by atoms with Gasteiger partial charge in [0, 0.05) is 0 Å². The third-order valence-electron chi connectivity index (χ3n) is 1.83. The molecular weight excluding hydrogens is 212 g/mol. The summed E-state index contributed by atoms with van der Waals surface area (Å²) in [5, 5.41) is 7.26. The van der Waals surface area contributed by atoms with Gasteiger partial charge < -0.3 is 13.6 Å². The van der Waals surface area contributed by atoms with E-state index in [9.17, 15) is 4.79 Å². The first kappa shape index (κ1) is 10.4. The molecule has 0 radical (unpaired) electrons. The quantitative estimate of drug-likeness (QED) is 0.737. The van der Waals surface area contributed by atoms with Gasteiger partial charge in [0.2, 0.25) is 0 Å². The zero-order valence-corrected chi connectivity index (χ0v) is 8.89. The first-order valence-electron chi connectivity index (χ1n) is 4.78. The molecular formula is C10H10N2O4. The molecule has 6 heteroatoms. The van der Waals surface area contributed by atoms with Crippen LogP contribution >= 0.6 is 0 Å².